The lowest BCUT2D eigenvalue weighted by molar-refractivity contribution is -0.384. The van der Waals surface area contributed by atoms with Crippen molar-refractivity contribution in [3.8, 4) is 11.1 Å². The van der Waals surface area contributed by atoms with E-state index in [-0.39, 0.29) is 11.4 Å². The van der Waals surface area contributed by atoms with Crippen molar-refractivity contribution in [3.63, 3.8) is 0 Å². The SMILES string of the molecule is Cc1ccc(-c2c(C)nn3c(=O)[nH]c(SCc4ccc([N+](=O)[O-])cc4)nc23)cc1. The molecular formula is C20H17N5O3S. The number of thioether (sulfide) groups is 1. The Morgan fingerprint density at radius 3 is 2.45 bits per heavy atom. The summed E-state index contributed by atoms with van der Waals surface area (Å²) in [4.78, 5) is 30.2. The third-order valence-corrected chi connectivity index (χ3v) is 5.46. The Labute approximate surface area is 169 Å². The molecule has 1 N–H and O–H groups in total. The topological polar surface area (TPSA) is 106 Å². The van der Waals surface area contributed by atoms with Gasteiger partial charge in [-0.1, -0.05) is 53.7 Å². The van der Waals surface area contributed by atoms with Crippen molar-refractivity contribution in [2.24, 2.45) is 0 Å². The van der Waals surface area contributed by atoms with Gasteiger partial charge in [0.1, 0.15) is 0 Å². The average Bonchev–Trinajstić information content (AvgIpc) is 3.04. The van der Waals surface area contributed by atoms with Crippen LogP contribution in [-0.2, 0) is 5.75 Å². The Morgan fingerprint density at radius 1 is 1.10 bits per heavy atom. The van der Waals surface area contributed by atoms with Crippen molar-refractivity contribution in [2.45, 2.75) is 24.8 Å². The molecule has 2 aromatic carbocycles. The number of hydrogen-bond donors (Lipinski definition) is 1. The molecule has 2 aromatic heterocycles. The summed E-state index contributed by atoms with van der Waals surface area (Å²) < 4.78 is 1.28. The second-order valence-electron chi connectivity index (χ2n) is 6.62. The summed E-state index contributed by atoms with van der Waals surface area (Å²) in [6.07, 6.45) is 0. The maximum absolute atomic E-state index is 12.5. The third kappa shape index (κ3) is 3.77. The van der Waals surface area contributed by atoms with Gasteiger partial charge in [-0.05, 0) is 25.0 Å². The molecule has 2 heterocycles. The fourth-order valence-electron chi connectivity index (χ4n) is 3.02. The van der Waals surface area contributed by atoms with Crippen LogP contribution in [0.3, 0.4) is 0 Å². The maximum Gasteiger partial charge on any atom is 0.350 e. The number of non-ortho nitro benzene ring substituents is 1. The van der Waals surface area contributed by atoms with Gasteiger partial charge < -0.3 is 0 Å². The highest BCUT2D eigenvalue weighted by Crippen LogP contribution is 2.28. The van der Waals surface area contributed by atoms with Crippen molar-refractivity contribution in [1.29, 1.82) is 0 Å². The number of nitrogens with one attached hydrogen (secondary N) is 1. The number of hydrogen-bond acceptors (Lipinski definition) is 6. The largest absolute Gasteiger partial charge is 0.350 e. The molecule has 146 valence electrons. The molecular weight excluding hydrogens is 390 g/mol. The average molecular weight is 407 g/mol. The lowest BCUT2D eigenvalue weighted by Gasteiger charge is -2.04. The molecule has 0 saturated heterocycles. The van der Waals surface area contributed by atoms with E-state index in [1.807, 2.05) is 38.1 Å². The van der Waals surface area contributed by atoms with Crippen LogP contribution in [0.2, 0.25) is 0 Å². The molecule has 0 atom stereocenters. The van der Waals surface area contributed by atoms with Gasteiger partial charge >= 0.3 is 5.69 Å². The Morgan fingerprint density at radius 2 is 1.79 bits per heavy atom. The number of aryl methyl sites for hydroxylation is 2. The predicted molar refractivity (Wildman–Crippen MR) is 111 cm³/mol. The summed E-state index contributed by atoms with van der Waals surface area (Å²) in [5.41, 5.74) is 4.73. The van der Waals surface area contributed by atoms with Gasteiger partial charge in [0.25, 0.3) is 5.69 Å². The normalized spacial score (nSPS) is 11.1. The van der Waals surface area contributed by atoms with Gasteiger partial charge in [-0.25, -0.2) is 9.78 Å². The van der Waals surface area contributed by atoms with Crippen molar-refractivity contribution in [2.75, 3.05) is 0 Å². The summed E-state index contributed by atoms with van der Waals surface area (Å²) in [5.74, 6) is 0.518. The first-order valence-electron chi connectivity index (χ1n) is 8.85. The standard InChI is InChI=1S/C20H17N5O3S/c1-12-3-7-15(8-4-12)17-13(2)23-24-18(17)21-19(22-20(24)26)29-11-14-5-9-16(10-6-14)25(27)28/h3-10H,11H2,1-2H3,(H,21,22,26). The Bertz CT molecular complexity index is 1260. The number of benzene rings is 2. The number of nitrogens with zero attached hydrogens (tertiary/aromatic N) is 4. The van der Waals surface area contributed by atoms with Gasteiger partial charge in [-0.15, -0.1) is 0 Å². The molecule has 0 fully saturated rings. The number of nitro benzene ring substituents is 1. The van der Waals surface area contributed by atoms with E-state index in [1.165, 1.54) is 28.4 Å². The molecule has 0 spiro atoms. The van der Waals surface area contributed by atoms with Crippen LogP contribution in [0, 0.1) is 24.0 Å². The van der Waals surface area contributed by atoms with E-state index in [0.29, 0.717) is 16.6 Å². The number of aromatic amines is 1. The molecule has 29 heavy (non-hydrogen) atoms. The molecule has 0 aliphatic heterocycles. The first-order valence-corrected chi connectivity index (χ1v) is 9.84. The molecule has 9 heteroatoms. The first-order chi connectivity index (χ1) is 13.9. The smallest absolute Gasteiger partial charge is 0.285 e. The zero-order valence-corrected chi connectivity index (χ0v) is 16.6. The van der Waals surface area contributed by atoms with Crippen LogP contribution >= 0.6 is 11.8 Å². The summed E-state index contributed by atoms with van der Waals surface area (Å²) in [6.45, 7) is 3.87. The van der Waals surface area contributed by atoms with E-state index in [1.54, 1.807) is 12.1 Å². The summed E-state index contributed by atoms with van der Waals surface area (Å²) in [6, 6.07) is 14.3. The van der Waals surface area contributed by atoms with Crippen LogP contribution < -0.4 is 5.69 Å². The van der Waals surface area contributed by atoms with E-state index < -0.39 is 4.92 Å². The third-order valence-electron chi connectivity index (χ3n) is 4.51. The molecule has 0 unspecified atom stereocenters. The summed E-state index contributed by atoms with van der Waals surface area (Å²) in [7, 11) is 0. The second kappa shape index (κ2) is 7.51. The molecule has 0 radical (unpaired) electrons. The Hall–Kier alpha value is -3.46. The Kier molecular flexibility index (Phi) is 4.89. The van der Waals surface area contributed by atoms with Gasteiger partial charge in [0.15, 0.2) is 10.8 Å². The van der Waals surface area contributed by atoms with Gasteiger partial charge in [-0.2, -0.15) is 9.61 Å². The van der Waals surface area contributed by atoms with Gasteiger partial charge in [-0.3, -0.25) is 15.1 Å². The van der Waals surface area contributed by atoms with Crippen LogP contribution in [0.15, 0.2) is 58.5 Å². The molecule has 0 aliphatic rings. The van der Waals surface area contributed by atoms with Crippen LogP contribution in [0.5, 0.6) is 0 Å². The van der Waals surface area contributed by atoms with E-state index in [9.17, 15) is 14.9 Å². The van der Waals surface area contributed by atoms with Crippen LogP contribution in [0.25, 0.3) is 16.8 Å². The summed E-state index contributed by atoms with van der Waals surface area (Å²) >= 11 is 1.35. The van der Waals surface area contributed by atoms with E-state index in [2.05, 4.69) is 15.1 Å². The molecule has 4 rings (SSSR count). The highest BCUT2D eigenvalue weighted by molar-refractivity contribution is 7.98. The lowest BCUT2D eigenvalue weighted by atomic mass is 10.0. The van der Waals surface area contributed by atoms with Crippen LogP contribution in [-0.4, -0.2) is 24.5 Å². The van der Waals surface area contributed by atoms with Crippen molar-refractivity contribution in [1.82, 2.24) is 19.6 Å². The minimum absolute atomic E-state index is 0.0455. The number of H-pyrrole nitrogens is 1. The van der Waals surface area contributed by atoms with Crippen LogP contribution in [0.1, 0.15) is 16.8 Å². The molecule has 0 saturated carbocycles. The molecule has 0 amide bonds. The fourth-order valence-corrected chi connectivity index (χ4v) is 3.83. The molecule has 8 nitrogen and oxygen atoms in total. The maximum atomic E-state index is 12.5. The van der Waals surface area contributed by atoms with E-state index in [0.717, 1.165) is 27.9 Å². The lowest BCUT2D eigenvalue weighted by Crippen LogP contribution is -2.19. The number of nitro groups is 1. The minimum atomic E-state index is -0.432. The molecule has 4 aromatic rings. The van der Waals surface area contributed by atoms with Crippen LogP contribution in [0.4, 0.5) is 5.69 Å². The van der Waals surface area contributed by atoms with Crippen molar-refractivity contribution < 1.29 is 4.92 Å². The number of rotatable bonds is 5. The zero-order valence-electron chi connectivity index (χ0n) is 15.7. The number of aromatic nitrogens is 4. The monoisotopic (exact) mass is 407 g/mol. The van der Waals surface area contributed by atoms with Gasteiger partial charge in [0.05, 0.1) is 10.6 Å². The quantitative estimate of drug-likeness (QED) is 0.305. The number of fused-ring (bicyclic) bond motifs is 1. The second-order valence-corrected chi connectivity index (χ2v) is 7.59. The molecule has 0 bridgehead atoms. The highest BCUT2D eigenvalue weighted by atomic mass is 32.2. The van der Waals surface area contributed by atoms with E-state index in [4.69, 9.17) is 0 Å². The first kappa shape index (κ1) is 18.9. The zero-order chi connectivity index (χ0) is 20.5. The minimum Gasteiger partial charge on any atom is -0.285 e. The highest BCUT2D eigenvalue weighted by Gasteiger charge is 2.16. The van der Waals surface area contributed by atoms with Crippen molar-refractivity contribution in [3.05, 3.63) is 86.0 Å². The predicted octanol–water partition coefficient (Wildman–Crippen LogP) is 3.90. The van der Waals surface area contributed by atoms with Gasteiger partial charge in [0, 0.05) is 23.4 Å². The van der Waals surface area contributed by atoms with Crippen molar-refractivity contribution >= 4 is 23.1 Å². The van der Waals surface area contributed by atoms with E-state index >= 15 is 0 Å². The summed E-state index contributed by atoms with van der Waals surface area (Å²) in [5, 5.41) is 15.6. The molecule has 0 aliphatic carbocycles. The van der Waals surface area contributed by atoms with Gasteiger partial charge in [0.2, 0.25) is 0 Å². The Balaban J connectivity index is 1.67. The fraction of sp³-hybridized carbons (Fsp3) is 0.150.